The fourth-order valence-electron chi connectivity index (χ4n) is 2.29. The summed E-state index contributed by atoms with van der Waals surface area (Å²) in [4.78, 5) is 0. The molecule has 4 nitrogen and oxygen atoms in total. The van der Waals surface area contributed by atoms with E-state index in [-0.39, 0.29) is 10.8 Å². The fraction of sp³-hybridized carbons (Fsp3) is 0.538. The maximum Gasteiger partial charge on any atom is 0.215 e. The maximum absolute atomic E-state index is 13.0. The van der Waals surface area contributed by atoms with Crippen molar-refractivity contribution < 1.29 is 12.8 Å². The molecule has 0 aliphatic carbocycles. The van der Waals surface area contributed by atoms with E-state index in [1.165, 1.54) is 18.2 Å². The van der Waals surface area contributed by atoms with Gasteiger partial charge in [-0.25, -0.2) is 17.5 Å². The first kappa shape index (κ1) is 15.7. The van der Waals surface area contributed by atoms with Gasteiger partial charge in [0.25, 0.3) is 0 Å². The quantitative estimate of drug-likeness (QED) is 0.843. The SMILES string of the molecule is O=S(=O)(Cc1ccc(F)c(Cl)c1)NCC[C@H]1CCCN1. The summed E-state index contributed by atoms with van der Waals surface area (Å²) in [6.07, 6.45) is 3.02. The Morgan fingerprint density at radius 2 is 2.25 bits per heavy atom. The molecule has 0 saturated carbocycles. The van der Waals surface area contributed by atoms with Crippen molar-refractivity contribution in [2.75, 3.05) is 13.1 Å². The predicted octanol–water partition coefficient (Wildman–Crippen LogP) is 2.04. The average Bonchev–Trinajstić information content (AvgIpc) is 2.86. The minimum absolute atomic E-state index is 0.0622. The molecule has 1 saturated heterocycles. The third-order valence-electron chi connectivity index (χ3n) is 3.32. The van der Waals surface area contributed by atoms with Gasteiger partial charge >= 0.3 is 0 Å². The van der Waals surface area contributed by atoms with E-state index in [0.717, 1.165) is 25.8 Å². The summed E-state index contributed by atoms with van der Waals surface area (Å²) in [5.74, 6) is -0.737. The molecule has 0 aromatic heterocycles. The number of rotatable bonds is 6. The third-order valence-corrected chi connectivity index (χ3v) is 4.96. The summed E-state index contributed by atoms with van der Waals surface area (Å²) < 4.78 is 39.4. The molecule has 1 aromatic carbocycles. The van der Waals surface area contributed by atoms with E-state index >= 15 is 0 Å². The summed E-state index contributed by atoms with van der Waals surface area (Å²) in [5, 5.41) is 3.25. The molecule has 0 radical (unpaired) electrons. The van der Waals surface area contributed by atoms with Crippen molar-refractivity contribution in [3.63, 3.8) is 0 Å². The van der Waals surface area contributed by atoms with Crippen LogP contribution in [0.5, 0.6) is 0 Å². The van der Waals surface area contributed by atoms with Crippen LogP contribution in [-0.2, 0) is 15.8 Å². The Kier molecular flexibility index (Phi) is 5.37. The van der Waals surface area contributed by atoms with Gasteiger partial charge in [0.1, 0.15) is 5.82 Å². The van der Waals surface area contributed by atoms with Gasteiger partial charge in [0.15, 0.2) is 0 Å². The second kappa shape index (κ2) is 6.85. The van der Waals surface area contributed by atoms with Crippen LogP contribution < -0.4 is 10.0 Å². The van der Waals surface area contributed by atoms with Crippen LogP contribution in [0.1, 0.15) is 24.8 Å². The van der Waals surface area contributed by atoms with Gasteiger partial charge in [-0.05, 0) is 43.5 Å². The van der Waals surface area contributed by atoms with Crippen LogP contribution in [-0.4, -0.2) is 27.5 Å². The van der Waals surface area contributed by atoms with Crippen molar-refractivity contribution in [3.05, 3.63) is 34.6 Å². The highest BCUT2D eigenvalue weighted by Gasteiger charge is 2.16. The standard InChI is InChI=1S/C13H18ClFN2O2S/c14-12-8-10(3-4-13(12)15)9-20(18,19)17-7-5-11-2-1-6-16-11/h3-4,8,11,16-17H,1-2,5-7,9H2/t11-/m1/s1. The maximum atomic E-state index is 13.0. The molecule has 1 heterocycles. The average molecular weight is 321 g/mol. The molecule has 1 atom stereocenters. The van der Waals surface area contributed by atoms with Crippen LogP contribution in [0.25, 0.3) is 0 Å². The Labute approximate surface area is 123 Å². The molecule has 112 valence electrons. The van der Waals surface area contributed by atoms with Crippen LogP contribution in [0.4, 0.5) is 4.39 Å². The highest BCUT2D eigenvalue weighted by Crippen LogP contribution is 2.17. The summed E-state index contributed by atoms with van der Waals surface area (Å²) in [6.45, 7) is 1.42. The predicted molar refractivity (Wildman–Crippen MR) is 77.7 cm³/mol. The minimum Gasteiger partial charge on any atom is -0.314 e. The monoisotopic (exact) mass is 320 g/mol. The lowest BCUT2D eigenvalue weighted by Gasteiger charge is -2.11. The topological polar surface area (TPSA) is 58.2 Å². The molecule has 20 heavy (non-hydrogen) atoms. The summed E-state index contributed by atoms with van der Waals surface area (Å²) >= 11 is 5.63. The van der Waals surface area contributed by atoms with Gasteiger partial charge in [0.05, 0.1) is 10.8 Å². The van der Waals surface area contributed by atoms with Gasteiger partial charge in [-0.3, -0.25) is 0 Å². The zero-order chi connectivity index (χ0) is 14.6. The van der Waals surface area contributed by atoms with Crippen molar-refractivity contribution >= 4 is 21.6 Å². The Balaban J connectivity index is 1.84. The summed E-state index contributed by atoms with van der Waals surface area (Å²) in [5.41, 5.74) is 0.475. The van der Waals surface area contributed by atoms with Crippen molar-refractivity contribution in [1.82, 2.24) is 10.0 Å². The van der Waals surface area contributed by atoms with Crippen LogP contribution in [0.15, 0.2) is 18.2 Å². The molecule has 2 rings (SSSR count). The summed E-state index contributed by atoms with van der Waals surface area (Å²) in [6, 6.07) is 4.35. The zero-order valence-corrected chi connectivity index (χ0v) is 12.6. The van der Waals surface area contributed by atoms with Crippen molar-refractivity contribution in [2.24, 2.45) is 0 Å². The third kappa shape index (κ3) is 4.70. The van der Waals surface area contributed by atoms with E-state index in [1.807, 2.05) is 0 Å². The van der Waals surface area contributed by atoms with Crippen molar-refractivity contribution in [3.8, 4) is 0 Å². The highest BCUT2D eigenvalue weighted by molar-refractivity contribution is 7.88. The molecule has 1 aliphatic heterocycles. The van der Waals surface area contributed by atoms with Gasteiger partial charge in [0, 0.05) is 12.6 Å². The zero-order valence-electron chi connectivity index (χ0n) is 11.0. The lowest BCUT2D eigenvalue weighted by atomic mass is 10.2. The molecule has 7 heteroatoms. The van der Waals surface area contributed by atoms with Crippen LogP contribution in [0.3, 0.4) is 0 Å². The fourth-order valence-corrected chi connectivity index (χ4v) is 3.64. The normalized spacial score (nSPS) is 19.4. The smallest absolute Gasteiger partial charge is 0.215 e. The molecule has 0 amide bonds. The van der Waals surface area contributed by atoms with E-state index in [0.29, 0.717) is 18.2 Å². The lowest BCUT2D eigenvalue weighted by molar-refractivity contribution is 0.539. The van der Waals surface area contributed by atoms with E-state index in [4.69, 9.17) is 11.6 Å². The number of sulfonamides is 1. The number of hydrogen-bond donors (Lipinski definition) is 2. The molecular weight excluding hydrogens is 303 g/mol. The number of hydrogen-bond acceptors (Lipinski definition) is 3. The molecule has 1 fully saturated rings. The first-order chi connectivity index (χ1) is 9.46. The number of nitrogens with one attached hydrogen (secondary N) is 2. The van der Waals surface area contributed by atoms with Gasteiger partial charge in [-0.2, -0.15) is 0 Å². The summed E-state index contributed by atoms with van der Waals surface area (Å²) in [7, 11) is -3.41. The lowest BCUT2D eigenvalue weighted by Crippen LogP contribution is -2.31. The van der Waals surface area contributed by atoms with E-state index in [9.17, 15) is 12.8 Å². The number of halogens is 2. The Morgan fingerprint density at radius 3 is 2.90 bits per heavy atom. The second-order valence-corrected chi connectivity index (χ2v) is 7.20. The minimum atomic E-state index is -3.41. The van der Waals surface area contributed by atoms with E-state index < -0.39 is 15.8 Å². The second-order valence-electron chi connectivity index (χ2n) is 4.98. The van der Waals surface area contributed by atoms with Crippen LogP contribution in [0.2, 0.25) is 5.02 Å². The molecule has 0 spiro atoms. The highest BCUT2D eigenvalue weighted by atomic mass is 35.5. The first-order valence-electron chi connectivity index (χ1n) is 6.61. The Hall–Kier alpha value is -0.690. The van der Waals surface area contributed by atoms with Gasteiger partial charge < -0.3 is 5.32 Å². The van der Waals surface area contributed by atoms with E-state index in [1.54, 1.807) is 0 Å². The largest absolute Gasteiger partial charge is 0.314 e. The molecule has 0 unspecified atom stereocenters. The molecule has 2 N–H and O–H groups in total. The molecule has 1 aromatic rings. The molecule has 1 aliphatic rings. The van der Waals surface area contributed by atoms with Crippen LogP contribution in [0, 0.1) is 5.82 Å². The molecule has 0 bridgehead atoms. The van der Waals surface area contributed by atoms with Crippen molar-refractivity contribution in [2.45, 2.75) is 31.1 Å². The number of benzene rings is 1. The Bertz CT molecular complexity index is 559. The van der Waals surface area contributed by atoms with Gasteiger partial charge in [-0.15, -0.1) is 0 Å². The van der Waals surface area contributed by atoms with Gasteiger partial charge in [0.2, 0.25) is 10.0 Å². The van der Waals surface area contributed by atoms with Crippen molar-refractivity contribution in [1.29, 1.82) is 0 Å². The Morgan fingerprint density at radius 1 is 1.45 bits per heavy atom. The van der Waals surface area contributed by atoms with Crippen LogP contribution >= 0.6 is 11.6 Å². The molecular formula is C13H18ClFN2O2S. The van der Waals surface area contributed by atoms with E-state index in [2.05, 4.69) is 10.0 Å². The first-order valence-corrected chi connectivity index (χ1v) is 8.64. The van der Waals surface area contributed by atoms with Gasteiger partial charge in [-0.1, -0.05) is 17.7 Å².